The van der Waals surface area contributed by atoms with Crippen LogP contribution < -0.4 is 5.56 Å². The van der Waals surface area contributed by atoms with Crippen LogP contribution in [0.25, 0.3) is 11.0 Å². The summed E-state index contributed by atoms with van der Waals surface area (Å²) in [4.78, 5) is 39.7. The Balaban J connectivity index is 1.39. The lowest BCUT2D eigenvalue weighted by Crippen LogP contribution is -2.27. The summed E-state index contributed by atoms with van der Waals surface area (Å²) in [6.45, 7) is 0.526. The molecule has 6 nitrogen and oxygen atoms in total. The number of benzene rings is 1. The second-order valence-electron chi connectivity index (χ2n) is 6.96. The minimum atomic E-state index is -0.225. The van der Waals surface area contributed by atoms with Gasteiger partial charge in [-0.3, -0.25) is 9.59 Å². The van der Waals surface area contributed by atoms with Gasteiger partial charge in [-0.1, -0.05) is 12.1 Å². The molecule has 1 amide bonds. The number of nitrogens with zero attached hydrogens (tertiary/aromatic N) is 3. The SMILES string of the molecule is CN(Cc1nc2c(s1)CCCC2)C(=O)CCc1nc2ccccc2[nH]c1=O. The number of amides is 1. The summed E-state index contributed by atoms with van der Waals surface area (Å²) in [6, 6.07) is 7.41. The van der Waals surface area contributed by atoms with Gasteiger partial charge in [-0.2, -0.15) is 0 Å². The number of aromatic nitrogens is 3. The number of H-pyrrole nitrogens is 1. The van der Waals surface area contributed by atoms with Gasteiger partial charge in [-0.05, 0) is 37.8 Å². The van der Waals surface area contributed by atoms with Crippen LogP contribution in [-0.2, 0) is 30.6 Å². The van der Waals surface area contributed by atoms with Crippen LogP contribution in [0.2, 0.25) is 0 Å². The van der Waals surface area contributed by atoms with Crippen LogP contribution >= 0.6 is 11.3 Å². The Kier molecular flexibility index (Phi) is 5.03. The van der Waals surface area contributed by atoms with Crippen LogP contribution in [0, 0.1) is 0 Å². The van der Waals surface area contributed by atoms with Gasteiger partial charge in [0.05, 0.1) is 23.3 Å². The minimum Gasteiger partial charge on any atom is -0.339 e. The van der Waals surface area contributed by atoms with Crippen LogP contribution in [0.5, 0.6) is 0 Å². The fourth-order valence-corrected chi connectivity index (χ4v) is 4.63. The second-order valence-corrected chi connectivity index (χ2v) is 8.13. The number of fused-ring (bicyclic) bond motifs is 2. The molecule has 0 aliphatic heterocycles. The minimum absolute atomic E-state index is 0.00229. The molecule has 1 aliphatic carbocycles. The number of aryl methyl sites for hydroxylation is 3. The van der Waals surface area contributed by atoms with E-state index in [0.717, 1.165) is 23.4 Å². The molecule has 0 unspecified atom stereocenters. The van der Waals surface area contributed by atoms with Crippen LogP contribution in [0.15, 0.2) is 29.1 Å². The van der Waals surface area contributed by atoms with Gasteiger partial charge in [0.25, 0.3) is 5.56 Å². The van der Waals surface area contributed by atoms with Crippen LogP contribution in [-0.4, -0.2) is 32.8 Å². The summed E-state index contributed by atoms with van der Waals surface area (Å²) in [5.74, 6) is -0.00229. The monoisotopic (exact) mass is 382 g/mol. The normalized spacial score (nSPS) is 13.5. The van der Waals surface area contributed by atoms with Crippen molar-refractivity contribution in [3.05, 3.63) is 55.9 Å². The maximum atomic E-state index is 12.5. The Morgan fingerprint density at radius 1 is 1.22 bits per heavy atom. The maximum Gasteiger partial charge on any atom is 0.270 e. The van der Waals surface area contributed by atoms with Gasteiger partial charge < -0.3 is 9.88 Å². The number of aromatic amines is 1. The van der Waals surface area contributed by atoms with E-state index in [0.29, 0.717) is 24.2 Å². The lowest BCUT2D eigenvalue weighted by molar-refractivity contribution is -0.130. The molecular formula is C20H22N4O2S. The number of para-hydroxylation sites is 2. The van der Waals surface area contributed by atoms with Gasteiger partial charge in [-0.25, -0.2) is 9.97 Å². The average Bonchev–Trinajstić information content (AvgIpc) is 3.08. The van der Waals surface area contributed by atoms with Crippen molar-refractivity contribution in [2.45, 2.75) is 45.1 Å². The highest BCUT2D eigenvalue weighted by atomic mass is 32.1. The third-order valence-electron chi connectivity index (χ3n) is 4.93. The molecule has 0 fully saturated rings. The Morgan fingerprint density at radius 2 is 2.04 bits per heavy atom. The lowest BCUT2D eigenvalue weighted by Gasteiger charge is -2.15. The third-order valence-corrected chi connectivity index (χ3v) is 6.08. The molecule has 0 bridgehead atoms. The van der Waals surface area contributed by atoms with E-state index in [1.165, 1.54) is 23.4 Å². The van der Waals surface area contributed by atoms with Gasteiger partial charge in [-0.15, -0.1) is 11.3 Å². The molecule has 2 heterocycles. The number of nitrogens with one attached hydrogen (secondary N) is 1. The van der Waals surface area contributed by atoms with Crippen molar-refractivity contribution >= 4 is 28.3 Å². The molecule has 0 spiro atoms. The van der Waals surface area contributed by atoms with Crippen molar-refractivity contribution in [3.63, 3.8) is 0 Å². The molecule has 4 rings (SSSR count). The summed E-state index contributed by atoms with van der Waals surface area (Å²) in [5.41, 5.74) is 2.84. The Bertz CT molecular complexity index is 1020. The molecule has 2 aromatic heterocycles. The molecule has 1 aliphatic rings. The third kappa shape index (κ3) is 3.93. The molecular weight excluding hydrogens is 360 g/mol. The largest absolute Gasteiger partial charge is 0.339 e. The predicted octanol–water partition coefficient (Wildman–Crippen LogP) is 2.85. The van der Waals surface area contributed by atoms with Crippen molar-refractivity contribution in [2.75, 3.05) is 7.05 Å². The van der Waals surface area contributed by atoms with E-state index in [2.05, 4.69) is 9.97 Å². The van der Waals surface area contributed by atoms with Crippen molar-refractivity contribution in [1.29, 1.82) is 0 Å². The first kappa shape index (κ1) is 17.9. The number of thiazole rings is 1. The van der Waals surface area contributed by atoms with Crippen molar-refractivity contribution in [2.24, 2.45) is 0 Å². The maximum absolute atomic E-state index is 12.5. The van der Waals surface area contributed by atoms with Crippen LogP contribution in [0.4, 0.5) is 0 Å². The van der Waals surface area contributed by atoms with Crippen molar-refractivity contribution in [1.82, 2.24) is 19.9 Å². The van der Waals surface area contributed by atoms with Crippen LogP contribution in [0.1, 0.15) is 40.5 Å². The van der Waals surface area contributed by atoms with E-state index < -0.39 is 0 Å². The van der Waals surface area contributed by atoms with Crippen molar-refractivity contribution < 1.29 is 4.79 Å². The fraction of sp³-hybridized carbons (Fsp3) is 0.400. The molecule has 140 valence electrons. The van der Waals surface area contributed by atoms with E-state index in [4.69, 9.17) is 4.98 Å². The zero-order valence-electron chi connectivity index (χ0n) is 15.3. The molecule has 3 aromatic rings. The van der Waals surface area contributed by atoms with Gasteiger partial charge in [0.15, 0.2) is 0 Å². The topological polar surface area (TPSA) is 79.0 Å². The molecule has 0 saturated carbocycles. The average molecular weight is 382 g/mol. The summed E-state index contributed by atoms with van der Waals surface area (Å²) in [7, 11) is 1.79. The molecule has 0 atom stereocenters. The predicted molar refractivity (Wildman–Crippen MR) is 106 cm³/mol. The number of hydrogen-bond donors (Lipinski definition) is 1. The highest BCUT2D eigenvalue weighted by Crippen LogP contribution is 2.27. The summed E-state index contributed by atoms with van der Waals surface area (Å²) in [6.07, 6.45) is 5.20. The second kappa shape index (κ2) is 7.60. The van der Waals surface area contributed by atoms with E-state index in [9.17, 15) is 9.59 Å². The molecule has 7 heteroatoms. The molecule has 0 radical (unpaired) electrons. The smallest absolute Gasteiger partial charge is 0.270 e. The molecule has 0 saturated heterocycles. The lowest BCUT2D eigenvalue weighted by atomic mass is 10.0. The number of carbonyl (C=O) groups is 1. The highest BCUT2D eigenvalue weighted by Gasteiger charge is 2.18. The Hall–Kier alpha value is -2.54. The van der Waals surface area contributed by atoms with E-state index in [1.807, 2.05) is 24.3 Å². The van der Waals surface area contributed by atoms with Gasteiger partial charge in [0.1, 0.15) is 10.7 Å². The van der Waals surface area contributed by atoms with Gasteiger partial charge in [0.2, 0.25) is 5.91 Å². The van der Waals surface area contributed by atoms with Gasteiger partial charge in [0, 0.05) is 24.8 Å². The Labute approximate surface area is 161 Å². The first-order valence-electron chi connectivity index (χ1n) is 9.29. The Morgan fingerprint density at radius 3 is 2.89 bits per heavy atom. The number of hydrogen-bond acceptors (Lipinski definition) is 5. The van der Waals surface area contributed by atoms with E-state index >= 15 is 0 Å². The van der Waals surface area contributed by atoms with E-state index in [-0.39, 0.29) is 17.9 Å². The molecule has 1 aromatic carbocycles. The standard InChI is InChI=1S/C20H22N4O2S/c1-24(12-18-22-15-8-4-5-9-17(15)27-18)19(25)11-10-16-20(26)23-14-7-3-2-6-13(14)21-16/h2-3,6-7H,4-5,8-12H2,1H3,(H,23,26). The number of rotatable bonds is 5. The first-order chi connectivity index (χ1) is 13.1. The summed E-state index contributed by atoms with van der Waals surface area (Å²) < 4.78 is 0. The summed E-state index contributed by atoms with van der Waals surface area (Å²) in [5, 5.41) is 0.999. The highest BCUT2D eigenvalue weighted by molar-refractivity contribution is 7.11. The van der Waals surface area contributed by atoms with Crippen LogP contribution in [0.3, 0.4) is 0 Å². The quantitative estimate of drug-likeness (QED) is 0.736. The first-order valence-corrected chi connectivity index (χ1v) is 10.1. The number of carbonyl (C=O) groups excluding carboxylic acids is 1. The molecule has 27 heavy (non-hydrogen) atoms. The van der Waals surface area contributed by atoms with E-state index in [1.54, 1.807) is 23.3 Å². The molecule has 1 N–H and O–H groups in total. The van der Waals surface area contributed by atoms with Crippen molar-refractivity contribution in [3.8, 4) is 0 Å². The summed E-state index contributed by atoms with van der Waals surface area (Å²) >= 11 is 1.73. The fourth-order valence-electron chi connectivity index (χ4n) is 3.42. The van der Waals surface area contributed by atoms with Gasteiger partial charge >= 0.3 is 0 Å². The zero-order valence-corrected chi connectivity index (χ0v) is 16.1. The zero-order chi connectivity index (χ0) is 18.8.